The number of rotatable bonds is 7. The lowest BCUT2D eigenvalue weighted by Gasteiger charge is -2.11. The van der Waals surface area contributed by atoms with E-state index < -0.39 is 10.0 Å². The van der Waals surface area contributed by atoms with Gasteiger partial charge in [-0.1, -0.05) is 54.6 Å². The van der Waals surface area contributed by atoms with Crippen LogP contribution in [0.5, 0.6) is 5.75 Å². The van der Waals surface area contributed by atoms with E-state index in [1.54, 1.807) is 30.3 Å². The highest BCUT2D eigenvalue weighted by molar-refractivity contribution is 7.92. The summed E-state index contributed by atoms with van der Waals surface area (Å²) in [5.74, 6) is 0.0885. The van der Waals surface area contributed by atoms with E-state index in [1.807, 2.05) is 42.5 Å². The standard InChI is InChI=1S/C24H20N2O4S/c27-24(25-23-12-6-8-18-7-4-5-11-22(18)23)17-30-20-13-15-21(16-14-20)31(28,29)26-19-9-2-1-3-10-19/h1-16,26H,17H2,(H,25,27). The van der Waals surface area contributed by atoms with Gasteiger partial charge < -0.3 is 10.1 Å². The Morgan fingerprint density at radius 3 is 2.23 bits per heavy atom. The van der Waals surface area contributed by atoms with Crippen LogP contribution in [0.3, 0.4) is 0 Å². The van der Waals surface area contributed by atoms with E-state index in [9.17, 15) is 13.2 Å². The summed E-state index contributed by atoms with van der Waals surface area (Å²) in [6, 6.07) is 28.0. The number of nitrogens with one attached hydrogen (secondary N) is 2. The maximum atomic E-state index is 12.5. The molecule has 0 heterocycles. The number of sulfonamides is 1. The van der Waals surface area contributed by atoms with Crippen LogP contribution in [0.4, 0.5) is 11.4 Å². The second-order valence-corrected chi connectivity index (χ2v) is 8.49. The third-order valence-corrected chi connectivity index (χ3v) is 5.99. The zero-order valence-electron chi connectivity index (χ0n) is 16.5. The first-order valence-corrected chi connectivity index (χ1v) is 11.1. The molecule has 4 aromatic rings. The third kappa shape index (κ3) is 5.02. The van der Waals surface area contributed by atoms with Crippen molar-refractivity contribution in [3.05, 3.63) is 97.1 Å². The summed E-state index contributed by atoms with van der Waals surface area (Å²) in [7, 11) is -3.71. The van der Waals surface area contributed by atoms with Crippen molar-refractivity contribution in [1.29, 1.82) is 0 Å². The molecule has 0 atom stereocenters. The lowest BCUT2D eigenvalue weighted by Crippen LogP contribution is -2.20. The molecule has 6 nitrogen and oxygen atoms in total. The van der Waals surface area contributed by atoms with Crippen LogP contribution in [-0.4, -0.2) is 20.9 Å². The molecule has 0 aliphatic carbocycles. The molecule has 0 aromatic heterocycles. The normalized spacial score (nSPS) is 11.1. The van der Waals surface area contributed by atoms with Crippen LogP contribution in [0.1, 0.15) is 0 Å². The number of benzene rings is 4. The fourth-order valence-electron chi connectivity index (χ4n) is 3.10. The van der Waals surface area contributed by atoms with Gasteiger partial charge in [0.1, 0.15) is 5.75 Å². The Labute approximate surface area is 180 Å². The Bertz CT molecular complexity index is 1300. The van der Waals surface area contributed by atoms with Gasteiger partial charge in [0, 0.05) is 16.8 Å². The number of hydrogen-bond donors (Lipinski definition) is 2. The predicted molar refractivity (Wildman–Crippen MR) is 122 cm³/mol. The fraction of sp³-hybridized carbons (Fsp3) is 0.0417. The quantitative estimate of drug-likeness (QED) is 0.445. The Kier molecular flexibility index (Phi) is 5.86. The molecule has 0 unspecified atom stereocenters. The Morgan fingerprint density at radius 2 is 1.45 bits per heavy atom. The van der Waals surface area contributed by atoms with Gasteiger partial charge in [-0.25, -0.2) is 8.42 Å². The molecule has 7 heteroatoms. The molecule has 0 bridgehead atoms. The first-order chi connectivity index (χ1) is 15.0. The van der Waals surface area contributed by atoms with Crippen molar-refractivity contribution in [3.8, 4) is 5.75 Å². The van der Waals surface area contributed by atoms with E-state index in [2.05, 4.69) is 10.0 Å². The molecule has 4 rings (SSSR count). The topological polar surface area (TPSA) is 84.5 Å². The van der Waals surface area contributed by atoms with Gasteiger partial charge in [-0.15, -0.1) is 0 Å². The van der Waals surface area contributed by atoms with Gasteiger partial charge in [0.15, 0.2) is 6.61 Å². The van der Waals surface area contributed by atoms with Crippen molar-refractivity contribution < 1.29 is 17.9 Å². The van der Waals surface area contributed by atoms with Crippen LogP contribution in [-0.2, 0) is 14.8 Å². The SMILES string of the molecule is O=C(COc1ccc(S(=O)(=O)Nc2ccccc2)cc1)Nc1cccc2ccccc12. The van der Waals surface area contributed by atoms with Crippen LogP contribution in [0.2, 0.25) is 0 Å². The summed E-state index contributed by atoms with van der Waals surface area (Å²) < 4.78 is 33.0. The highest BCUT2D eigenvalue weighted by Crippen LogP contribution is 2.23. The van der Waals surface area contributed by atoms with Crippen molar-refractivity contribution in [1.82, 2.24) is 0 Å². The molecule has 0 saturated carbocycles. The molecule has 1 amide bonds. The summed E-state index contributed by atoms with van der Waals surface area (Å²) >= 11 is 0. The smallest absolute Gasteiger partial charge is 0.262 e. The van der Waals surface area contributed by atoms with Gasteiger partial charge in [-0.2, -0.15) is 0 Å². The van der Waals surface area contributed by atoms with Crippen LogP contribution in [0, 0.1) is 0 Å². The molecule has 0 aliphatic rings. The van der Waals surface area contributed by atoms with Gasteiger partial charge in [-0.3, -0.25) is 9.52 Å². The lowest BCUT2D eigenvalue weighted by molar-refractivity contribution is -0.118. The van der Waals surface area contributed by atoms with E-state index in [1.165, 1.54) is 24.3 Å². The zero-order chi connectivity index (χ0) is 21.7. The third-order valence-electron chi connectivity index (χ3n) is 4.59. The Morgan fingerprint density at radius 1 is 0.774 bits per heavy atom. The average Bonchev–Trinajstić information content (AvgIpc) is 2.79. The van der Waals surface area contributed by atoms with Gasteiger partial charge in [0.2, 0.25) is 0 Å². The minimum absolute atomic E-state index is 0.101. The summed E-state index contributed by atoms with van der Waals surface area (Å²) in [4.78, 5) is 12.4. The average molecular weight is 433 g/mol. The Balaban J connectivity index is 1.37. The number of fused-ring (bicyclic) bond motifs is 1. The summed E-state index contributed by atoms with van der Waals surface area (Å²) in [5, 5.41) is 4.82. The first-order valence-electron chi connectivity index (χ1n) is 9.60. The maximum absolute atomic E-state index is 12.5. The monoisotopic (exact) mass is 432 g/mol. The van der Waals surface area contributed by atoms with E-state index in [0.717, 1.165) is 10.8 Å². The summed E-state index contributed by atoms with van der Waals surface area (Å²) in [6.45, 7) is -0.197. The number of carbonyl (C=O) groups is 1. The van der Waals surface area contributed by atoms with Crippen molar-refractivity contribution in [2.24, 2.45) is 0 Å². The molecule has 0 aliphatic heterocycles. The molecule has 0 saturated heterocycles. The number of para-hydroxylation sites is 1. The molecule has 4 aromatic carbocycles. The van der Waals surface area contributed by atoms with Gasteiger partial charge in [0.05, 0.1) is 4.90 Å². The van der Waals surface area contributed by atoms with Crippen molar-refractivity contribution >= 4 is 38.1 Å². The number of amides is 1. The van der Waals surface area contributed by atoms with Crippen molar-refractivity contribution in [3.63, 3.8) is 0 Å². The van der Waals surface area contributed by atoms with Crippen molar-refractivity contribution in [2.45, 2.75) is 4.90 Å². The molecule has 0 fully saturated rings. The Hall–Kier alpha value is -3.84. The molecule has 31 heavy (non-hydrogen) atoms. The zero-order valence-corrected chi connectivity index (χ0v) is 17.3. The number of carbonyl (C=O) groups excluding carboxylic acids is 1. The van der Waals surface area contributed by atoms with Crippen LogP contribution >= 0.6 is 0 Å². The second-order valence-electron chi connectivity index (χ2n) is 6.81. The summed E-state index contributed by atoms with van der Waals surface area (Å²) in [5.41, 5.74) is 1.19. The van der Waals surface area contributed by atoms with E-state index in [-0.39, 0.29) is 17.4 Å². The lowest BCUT2D eigenvalue weighted by atomic mass is 10.1. The molecular weight excluding hydrogens is 412 g/mol. The highest BCUT2D eigenvalue weighted by Gasteiger charge is 2.14. The van der Waals surface area contributed by atoms with Crippen LogP contribution < -0.4 is 14.8 Å². The predicted octanol–water partition coefficient (Wildman–Crippen LogP) is 4.66. The van der Waals surface area contributed by atoms with Crippen LogP contribution in [0.15, 0.2) is 102 Å². The second kappa shape index (κ2) is 8.89. The van der Waals surface area contributed by atoms with Crippen molar-refractivity contribution in [2.75, 3.05) is 16.6 Å². The first kappa shape index (κ1) is 20.4. The fourth-order valence-corrected chi connectivity index (χ4v) is 4.16. The molecule has 0 spiro atoms. The van der Waals surface area contributed by atoms with Gasteiger partial charge in [-0.05, 0) is 47.9 Å². The van der Waals surface area contributed by atoms with Gasteiger partial charge in [0.25, 0.3) is 15.9 Å². The molecule has 0 radical (unpaired) electrons. The highest BCUT2D eigenvalue weighted by atomic mass is 32.2. The molecule has 156 valence electrons. The molecular formula is C24H20N2O4S. The number of ether oxygens (including phenoxy) is 1. The summed E-state index contributed by atoms with van der Waals surface area (Å²) in [6.07, 6.45) is 0. The maximum Gasteiger partial charge on any atom is 0.262 e. The van der Waals surface area contributed by atoms with E-state index in [0.29, 0.717) is 17.1 Å². The number of hydrogen-bond acceptors (Lipinski definition) is 4. The number of anilines is 2. The molecule has 2 N–H and O–H groups in total. The van der Waals surface area contributed by atoms with Crippen LogP contribution in [0.25, 0.3) is 10.8 Å². The minimum Gasteiger partial charge on any atom is -0.484 e. The van der Waals surface area contributed by atoms with E-state index >= 15 is 0 Å². The largest absolute Gasteiger partial charge is 0.484 e. The minimum atomic E-state index is -3.71. The van der Waals surface area contributed by atoms with Gasteiger partial charge >= 0.3 is 0 Å². The van der Waals surface area contributed by atoms with E-state index in [4.69, 9.17) is 4.74 Å².